The van der Waals surface area contributed by atoms with Gasteiger partial charge >= 0.3 is 0 Å². The molecule has 102 valence electrons. The molecule has 0 heterocycles. The number of rotatable bonds is 2. The molecule has 0 saturated carbocycles. The predicted octanol–water partition coefficient (Wildman–Crippen LogP) is 4.85. The first-order valence-electron chi connectivity index (χ1n) is 6.43. The Kier molecular flexibility index (Phi) is 4.42. The van der Waals surface area contributed by atoms with E-state index in [0.717, 1.165) is 16.9 Å². The molecule has 0 spiro atoms. The molecule has 0 saturated heterocycles. The van der Waals surface area contributed by atoms with Crippen LogP contribution < -0.4 is 0 Å². The largest absolute Gasteiger partial charge is 0.507 e. The van der Waals surface area contributed by atoms with Crippen molar-refractivity contribution in [2.45, 2.75) is 58.1 Å². The van der Waals surface area contributed by atoms with Crippen LogP contribution in [0.4, 0.5) is 0 Å². The standard InChI is InChI=1S/C16H26OS/c1-15(2,3)12-8-11(10-18-7)9-13(14(12)17)16(4,5)6/h8-9,17H,10H2,1-7H3. The number of aromatic hydroxyl groups is 1. The van der Waals surface area contributed by atoms with Crippen LogP contribution in [0.3, 0.4) is 0 Å². The van der Waals surface area contributed by atoms with Gasteiger partial charge in [-0.05, 0) is 33.8 Å². The van der Waals surface area contributed by atoms with Gasteiger partial charge in [0.15, 0.2) is 0 Å². The van der Waals surface area contributed by atoms with E-state index < -0.39 is 0 Å². The second-order valence-corrected chi connectivity index (χ2v) is 7.84. The van der Waals surface area contributed by atoms with Gasteiger partial charge in [-0.15, -0.1) is 0 Å². The van der Waals surface area contributed by atoms with Crippen LogP contribution >= 0.6 is 11.8 Å². The SMILES string of the molecule is CSCc1cc(C(C)(C)C)c(O)c(C(C)(C)C)c1. The van der Waals surface area contributed by atoms with E-state index in [1.807, 2.05) is 11.8 Å². The van der Waals surface area contributed by atoms with E-state index in [0.29, 0.717) is 5.75 Å². The monoisotopic (exact) mass is 266 g/mol. The van der Waals surface area contributed by atoms with E-state index in [-0.39, 0.29) is 10.8 Å². The number of phenolic OH excluding ortho intramolecular Hbond substituents is 1. The molecule has 0 aliphatic carbocycles. The summed E-state index contributed by atoms with van der Waals surface area (Å²) < 4.78 is 0. The third-order valence-corrected chi connectivity index (χ3v) is 3.72. The molecule has 1 N–H and O–H groups in total. The second-order valence-electron chi connectivity index (χ2n) is 6.97. The zero-order valence-corrected chi connectivity index (χ0v) is 13.5. The van der Waals surface area contributed by atoms with E-state index >= 15 is 0 Å². The quantitative estimate of drug-likeness (QED) is 0.825. The summed E-state index contributed by atoms with van der Waals surface area (Å²) in [6, 6.07) is 4.31. The molecule has 0 aliphatic heterocycles. The summed E-state index contributed by atoms with van der Waals surface area (Å²) in [6.07, 6.45) is 2.11. The Morgan fingerprint density at radius 2 is 1.33 bits per heavy atom. The van der Waals surface area contributed by atoms with Crippen molar-refractivity contribution in [1.29, 1.82) is 0 Å². The van der Waals surface area contributed by atoms with Gasteiger partial charge in [0, 0.05) is 5.75 Å². The van der Waals surface area contributed by atoms with E-state index in [2.05, 4.69) is 59.9 Å². The van der Waals surface area contributed by atoms with Crippen LogP contribution in [0.1, 0.15) is 58.2 Å². The maximum Gasteiger partial charge on any atom is 0.123 e. The van der Waals surface area contributed by atoms with Gasteiger partial charge in [0.2, 0.25) is 0 Å². The second kappa shape index (κ2) is 5.16. The zero-order valence-electron chi connectivity index (χ0n) is 12.7. The number of phenols is 1. The molecular formula is C16H26OS. The fourth-order valence-electron chi connectivity index (χ4n) is 2.09. The van der Waals surface area contributed by atoms with E-state index in [4.69, 9.17) is 0 Å². The van der Waals surface area contributed by atoms with Crippen LogP contribution in [0.5, 0.6) is 5.75 Å². The molecule has 0 aliphatic rings. The van der Waals surface area contributed by atoms with Gasteiger partial charge in [0.1, 0.15) is 5.75 Å². The average Bonchev–Trinajstić information content (AvgIpc) is 2.17. The van der Waals surface area contributed by atoms with Crippen LogP contribution in [0, 0.1) is 0 Å². The van der Waals surface area contributed by atoms with Crippen LogP contribution in [-0.4, -0.2) is 11.4 Å². The summed E-state index contributed by atoms with van der Waals surface area (Å²) in [7, 11) is 0. The smallest absolute Gasteiger partial charge is 0.123 e. The molecule has 0 bridgehead atoms. The molecule has 0 fully saturated rings. The lowest BCUT2D eigenvalue weighted by atomic mass is 9.78. The summed E-state index contributed by atoms with van der Waals surface area (Å²) in [6.45, 7) is 12.9. The maximum absolute atomic E-state index is 10.5. The molecule has 1 aromatic carbocycles. The molecule has 1 aromatic rings. The highest BCUT2D eigenvalue weighted by atomic mass is 32.2. The molecule has 0 aromatic heterocycles. The van der Waals surface area contributed by atoms with Crippen molar-refractivity contribution in [3.8, 4) is 5.75 Å². The highest BCUT2D eigenvalue weighted by molar-refractivity contribution is 7.97. The van der Waals surface area contributed by atoms with Crippen LogP contribution in [-0.2, 0) is 16.6 Å². The molecule has 0 amide bonds. The predicted molar refractivity (Wildman–Crippen MR) is 82.7 cm³/mol. The molecule has 0 unspecified atom stereocenters. The summed E-state index contributed by atoms with van der Waals surface area (Å²) in [5.41, 5.74) is 3.35. The fraction of sp³-hybridized carbons (Fsp3) is 0.625. The minimum atomic E-state index is -0.0293. The maximum atomic E-state index is 10.5. The van der Waals surface area contributed by atoms with Crippen molar-refractivity contribution in [2.75, 3.05) is 6.26 Å². The number of hydrogen-bond donors (Lipinski definition) is 1. The Balaban J connectivity index is 3.48. The minimum Gasteiger partial charge on any atom is -0.507 e. The summed E-state index contributed by atoms with van der Waals surface area (Å²) in [5, 5.41) is 10.5. The Morgan fingerprint density at radius 1 is 0.944 bits per heavy atom. The van der Waals surface area contributed by atoms with Gasteiger partial charge in [-0.1, -0.05) is 53.7 Å². The zero-order chi connectivity index (χ0) is 14.1. The summed E-state index contributed by atoms with van der Waals surface area (Å²) in [4.78, 5) is 0. The van der Waals surface area contributed by atoms with Crippen molar-refractivity contribution in [3.63, 3.8) is 0 Å². The molecule has 1 rings (SSSR count). The van der Waals surface area contributed by atoms with Gasteiger partial charge in [0.25, 0.3) is 0 Å². The molecule has 0 atom stereocenters. The van der Waals surface area contributed by atoms with E-state index in [1.165, 1.54) is 5.56 Å². The van der Waals surface area contributed by atoms with E-state index in [1.54, 1.807) is 0 Å². The van der Waals surface area contributed by atoms with Gasteiger partial charge in [-0.25, -0.2) is 0 Å². The molecule has 18 heavy (non-hydrogen) atoms. The molecule has 0 radical (unpaired) electrons. The Labute approximate surface area is 116 Å². The van der Waals surface area contributed by atoms with E-state index in [9.17, 15) is 5.11 Å². The lowest BCUT2D eigenvalue weighted by molar-refractivity contribution is 0.423. The van der Waals surface area contributed by atoms with Crippen LogP contribution in [0.15, 0.2) is 12.1 Å². The topological polar surface area (TPSA) is 20.2 Å². The summed E-state index contributed by atoms with van der Waals surface area (Å²) >= 11 is 1.82. The lowest BCUT2D eigenvalue weighted by Crippen LogP contribution is -2.17. The first-order chi connectivity index (χ1) is 8.07. The van der Waals surface area contributed by atoms with Crippen LogP contribution in [0.2, 0.25) is 0 Å². The summed E-state index contributed by atoms with van der Waals surface area (Å²) in [5.74, 6) is 1.46. The van der Waals surface area contributed by atoms with Gasteiger partial charge < -0.3 is 5.11 Å². The first kappa shape index (κ1) is 15.4. The third-order valence-electron chi connectivity index (χ3n) is 3.10. The normalized spacial score (nSPS) is 12.8. The average molecular weight is 266 g/mol. The Morgan fingerprint density at radius 3 is 1.61 bits per heavy atom. The first-order valence-corrected chi connectivity index (χ1v) is 7.82. The molecular weight excluding hydrogens is 240 g/mol. The van der Waals surface area contributed by atoms with Gasteiger partial charge in [-0.2, -0.15) is 11.8 Å². The van der Waals surface area contributed by atoms with Crippen molar-refractivity contribution >= 4 is 11.8 Å². The van der Waals surface area contributed by atoms with Crippen LogP contribution in [0.25, 0.3) is 0 Å². The van der Waals surface area contributed by atoms with Crippen molar-refractivity contribution in [3.05, 3.63) is 28.8 Å². The minimum absolute atomic E-state index is 0.0293. The van der Waals surface area contributed by atoms with Crippen molar-refractivity contribution in [2.24, 2.45) is 0 Å². The van der Waals surface area contributed by atoms with Gasteiger partial charge in [0.05, 0.1) is 0 Å². The highest BCUT2D eigenvalue weighted by Gasteiger charge is 2.26. The highest BCUT2D eigenvalue weighted by Crippen LogP contribution is 2.40. The van der Waals surface area contributed by atoms with Crippen molar-refractivity contribution in [1.82, 2.24) is 0 Å². The van der Waals surface area contributed by atoms with Gasteiger partial charge in [-0.3, -0.25) is 0 Å². The molecule has 2 heteroatoms. The lowest BCUT2D eigenvalue weighted by Gasteiger charge is -2.28. The number of thioether (sulfide) groups is 1. The Bertz CT molecular complexity index is 387. The third kappa shape index (κ3) is 3.44. The number of benzene rings is 1. The fourth-order valence-corrected chi connectivity index (χ4v) is 2.59. The number of hydrogen-bond acceptors (Lipinski definition) is 2. The van der Waals surface area contributed by atoms with Crippen molar-refractivity contribution < 1.29 is 5.11 Å². The Hall–Kier alpha value is -0.630. The molecule has 1 nitrogen and oxygen atoms in total.